The lowest BCUT2D eigenvalue weighted by Gasteiger charge is -2.35. The highest BCUT2D eigenvalue weighted by molar-refractivity contribution is 5.97. The summed E-state index contributed by atoms with van der Waals surface area (Å²) < 4.78 is 0. The molecule has 1 aliphatic heterocycles. The zero-order chi connectivity index (χ0) is 12.7. The van der Waals surface area contributed by atoms with Crippen molar-refractivity contribution in [3.63, 3.8) is 0 Å². The smallest absolute Gasteiger partial charge is 0.320 e. The molecular formula is C13H20N2O2. The number of carbonyl (C=O) groups is 2. The van der Waals surface area contributed by atoms with Crippen molar-refractivity contribution >= 4 is 11.8 Å². The van der Waals surface area contributed by atoms with Crippen molar-refractivity contribution < 1.29 is 9.59 Å². The zero-order valence-electron chi connectivity index (χ0n) is 11.0. The van der Waals surface area contributed by atoms with Gasteiger partial charge in [-0.3, -0.25) is 4.79 Å². The molecule has 1 fully saturated rings. The maximum Gasteiger partial charge on any atom is 0.320 e. The standard InChI is InChI=1S/C13H20N2O2/c1-8-7-11(16)9(2)10-5-6-15(12(8)10)13(17)14(3)4/h8,12H,5-7H2,1-4H3/t8-,12+/m1/s1. The summed E-state index contributed by atoms with van der Waals surface area (Å²) in [6, 6.07) is 0.196. The fourth-order valence-electron chi connectivity index (χ4n) is 2.98. The van der Waals surface area contributed by atoms with Crippen molar-refractivity contribution in [2.24, 2.45) is 5.92 Å². The third-order valence-electron chi connectivity index (χ3n) is 3.89. The summed E-state index contributed by atoms with van der Waals surface area (Å²) in [6.07, 6.45) is 1.42. The molecule has 4 nitrogen and oxygen atoms in total. The van der Waals surface area contributed by atoms with Gasteiger partial charge in [0.05, 0.1) is 6.04 Å². The Kier molecular flexibility index (Phi) is 2.98. The minimum atomic E-state index is 0.0546. The summed E-state index contributed by atoms with van der Waals surface area (Å²) in [5.74, 6) is 0.496. The van der Waals surface area contributed by atoms with Crippen LogP contribution in [0.2, 0.25) is 0 Å². The van der Waals surface area contributed by atoms with Crippen molar-refractivity contribution in [3.05, 3.63) is 11.1 Å². The van der Waals surface area contributed by atoms with E-state index in [2.05, 4.69) is 6.92 Å². The largest absolute Gasteiger partial charge is 0.331 e. The third-order valence-corrected chi connectivity index (χ3v) is 3.89. The first-order chi connectivity index (χ1) is 7.93. The van der Waals surface area contributed by atoms with Gasteiger partial charge in [-0.05, 0) is 30.4 Å². The van der Waals surface area contributed by atoms with Crippen LogP contribution in [0.4, 0.5) is 4.79 Å². The van der Waals surface area contributed by atoms with Gasteiger partial charge >= 0.3 is 6.03 Å². The van der Waals surface area contributed by atoms with Crippen LogP contribution in [0, 0.1) is 5.92 Å². The molecule has 1 aliphatic carbocycles. The molecule has 94 valence electrons. The van der Waals surface area contributed by atoms with Crippen LogP contribution >= 0.6 is 0 Å². The molecule has 2 aliphatic rings. The molecule has 4 heteroatoms. The van der Waals surface area contributed by atoms with Gasteiger partial charge in [0.15, 0.2) is 5.78 Å². The highest BCUT2D eigenvalue weighted by atomic mass is 16.2. The summed E-state index contributed by atoms with van der Waals surface area (Å²) in [7, 11) is 3.55. The van der Waals surface area contributed by atoms with E-state index in [0.717, 1.165) is 18.5 Å². The number of nitrogens with zero attached hydrogens (tertiary/aromatic N) is 2. The van der Waals surface area contributed by atoms with Crippen molar-refractivity contribution in [3.8, 4) is 0 Å². The predicted octanol–water partition coefficient (Wildman–Crippen LogP) is 1.67. The number of allylic oxidation sites excluding steroid dienone is 1. The van der Waals surface area contributed by atoms with Crippen LogP contribution < -0.4 is 0 Å². The molecule has 0 saturated carbocycles. The Labute approximate surface area is 102 Å². The summed E-state index contributed by atoms with van der Waals surface area (Å²) in [6.45, 7) is 4.71. The lowest BCUT2D eigenvalue weighted by molar-refractivity contribution is -0.117. The second kappa shape index (κ2) is 4.17. The first kappa shape index (κ1) is 12.1. The van der Waals surface area contributed by atoms with Gasteiger partial charge in [0.2, 0.25) is 0 Å². The molecule has 2 atom stereocenters. The van der Waals surface area contributed by atoms with Gasteiger partial charge in [0.1, 0.15) is 0 Å². The number of Topliss-reactive ketones (excluding diaryl/α,β-unsaturated/α-hetero) is 1. The van der Waals surface area contributed by atoms with Gasteiger partial charge in [-0.1, -0.05) is 6.92 Å². The minimum Gasteiger partial charge on any atom is -0.331 e. The average molecular weight is 236 g/mol. The van der Waals surface area contributed by atoms with Crippen molar-refractivity contribution in [2.75, 3.05) is 20.6 Å². The van der Waals surface area contributed by atoms with Gasteiger partial charge in [-0.2, -0.15) is 0 Å². The molecule has 2 rings (SSSR count). The van der Waals surface area contributed by atoms with Crippen LogP contribution in [0.15, 0.2) is 11.1 Å². The number of hydrogen-bond donors (Lipinski definition) is 0. The molecule has 0 aromatic carbocycles. The van der Waals surface area contributed by atoms with Crippen LogP contribution in [0.3, 0.4) is 0 Å². The van der Waals surface area contributed by atoms with Crippen LogP contribution in [0.5, 0.6) is 0 Å². The second-order valence-corrected chi connectivity index (χ2v) is 5.32. The summed E-state index contributed by atoms with van der Waals surface area (Å²) in [4.78, 5) is 27.4. The summed E-state index contributed by atoms with van der Waals surface area (Å²) in [5, 5.41) is 0. The predicted molar refractivity (Wildman–Crippen MR) is 65.7 cm³/mol. The van der Waals surface area contributed by atoms with Gasteiger partial charge in [0, 0.05) is 27.1 Å². The Morgan fingerprint density at radius 3 is 2.65 bits per heavy atom. The SMILES string of the molecule is CC1=C2CCN(C(=O)N(C)C)[C@H]2[C@H](C)CC1=O. The van der Waals surface area contributed by atoms with E-state index < -0.39 is 0 Å². The zero-order valence-corrected chi connectivity index (χ0v) is 11.0. The summed E-state index contributed by atoms with van der Waals surface area (Å²) >= 11 is 0. The molecule has 0 radical (unpaired) electrons. The van der Waals surface area contributed by atoms with Gasteiger partial charge in [0.25, 0.3) is 0 Å². The molecule has 0 bridgehead atoms. The molecular weight excluding hydrogens is 216 g/mol. The van der Waals surface area contributed by atoms with E-state index in [1.165, 1.54) is 5.57 Å². The van der Waals surface area contributed by atoms with E-state index in [1.54, 1.807) is 19.0 Å². The Bertz CT molecular complexity index is 398. The molecule has 0 unspecified atom stereocenters. The lowest BCUT2D eigenvalue weighted by atomic mass is 9.81. The van der Waals surface area contributed by atoms with Crippen molar-refractivity contribution in [1.29, 1.82) is 0 Å². The quantitative estimate of drug-likeness (QED) is 0.642. The molecule has 0 spiro atoms. The van der Waals surface area contributed by atoms with Crippen LogP contribution in [0.1, 0.15) is 26.7 Å². The van der Waals surface area contributed by atoms with E-state index in [-0.39, 0.29) is 23.8 Å². The van der Waals surface area contributed by atoms with E-state index in [0.29, 0.717) is 6.42 Å². The number of amides is 2. The highest BCUT2D eigenvalue weighted by Crippen LogP contribution is 2.37. The Morgan fingerprint density at radius 2 is 2.06 bits per heavy atom. The van der Waals surface area contributed by atoms with E-state index in [1.807, 2.05) is 11.8 Å². The molecule has 1 heterocycles. The molecule has 1 saturated heterocycles. The maximum atomic E-state index is 12.1. The molecule has 0 N–H and O–H groups in total. The van der Waals surface area contributed by atoms with Gasteiger partial charge in [-0.25, -0.2) is 4.79 Å². The van der Waals surface area contributed by atoms with Crippen molar-refractivity contribution in [2.45, 2.75) is 32.7 Å². The number of rotatable bonds is 0. The van der Waals surface area contributed by atoms with E-state index >= 15 is 0 Å². The maximum absolute atomic E-state index is 12.1. The lowest BCUT2D eigenvalue weighted by Crippen LogP contribution is -2.46. The number of ketones is 1. The van der Waals surface area contributed by atoms with E-state index in [9.17, 15) is 9.59 Å². The van der Waals surface area contributed by atoms with E-state index in [4.69, 9.17) is 0 Å². The third kappa shape index (κ3) is 1.85. The fourth-order valence-corrected chi connectivity index (χ4v) is 2.98. The van der Waals surface area contributed by atoms with Crippen LogP contribution in [-0.2, 0) is 4.79 Å². The molecule has 0 aromatic rings. The second-order valence-electron chi connectivity index (χ2n) is 5.32. The number of hydrogen-bond acceptors (Lipinski definition) is 2. The first-order valence-electron chi connectivity index (χ1n) is 6.14. The van der Waals surface area contributed by atoms with Gasteiger partial charge < -0.3 is 9.80 Å². The Morgan fingerprint density at radius 1 is 1.41 bits per heavy atom. The number of likely N-dealkylation sites (tertiary alicyclic amines) is 1. The normalized spacial score (nSPS) is 28.5. The van der Waals surface area contributed by atoms with Crippen LogP contribution in [0.25, 0.3) is 0 Å². The number of urea groups is 1. The Balaban J connectivity index is 2.33. The summed E-state index contributed by atoms with van der Waals surface area (Å²) in [5.41, 5.74) is 2.08. The highest BCUT2D eigenvalue weighted by Gasteiger charge is 2.42. The topological polar surface area (TPSA) is 40.6 Å². The molecule has 0 aromatic heterocycles. The molecule has 17 heavy (non-hydrogen) atoms. The van der Waals surface area contributed by atoms with Crippen molar-refractivity contribution in [1.82, 2.24) is 9.80 Å². The van der Waals surface area contributed by atoms with Gasteiger partial charge in [-0.15, -0.1) is 0 Å². The fraction of sp³-hybridized carbons (Fsp3) is 0.692. The Hall–Kier alpha value is -1.32. The monoisotopic (exact) mass is 236 g/mol. The first-order valence-corrected chi connectivity index (χ1v) is 6.14. The minimum absolute atomic E-state index is 0.0546. The molecule has 2 amide bonds. The van der Waals surface area contributed by atoms with Crippen LogP contribution in [-0.4, -0.2) is 48.3 Å². The number of fused-ring (bicyclic) bond motifs is 1. The average Bonchev–Trinajstić information content (AvgIpc) is 2.69. The number of carbonyl (C=O) groups excluding carboxylic acids is 2.